The molecule has 0 radical (unpaired) electrons. The zero-order valence-corrected chi connectivity index (χ0v) is 19.7. The molecular weight excluding hydrogens is 428 g/mol. The summed E-state index contributed by atoms with van der Waals surface area (Å²) in [5.74, 6) is -0.586. The molecule has 0 unspecified atom stereocenters. The molecule has 32 heavy (non-hydrogen) atoms. The van der Waals surface area contributed by atoms with Crippen molar-refractivity contribution in [3.05, 3.63) is 64.7 Å². The largest absolute Gasteiger partial charge is 0.461 e. The van der Waals surface area contributed by atoms with Gasteiger partial charge in [0.2, 0.25) is 15.9 Å². The van der Waals surface area contributed by atoms with E-state index in [0.29, 0.717) is 23.5 Å². The highest BCUT2D eigenvalue weighted by Gasteiger charge is 2.31. The van der Waals surface area contributed by atoms with E-state index in [2.05, 4.69) is 0 Å². The van der Waals surface area contributed by atoms with Crippen molar-refractivity contribution in [1.82, 2.24) is 9.21 Å². The summed E-state index contributed by atoms with van der Waals surface area (Å²) in [4.78, 5) is 26.4. The lowest BCUT2D eigenvalue weighted by atomic mass is 10.1. The second-order valence-corrected chi connectivity index (χ2v) is 10.1. The van der Waals surface area contributed by atoms with E-state index < -0.39 is 16.0 Å². The van der Waals surface area contributed by atoms with Crippen molar-refractivity contribution in [1.29, 1.82) is 0 Å². The number of esters is 1. The van der Waals surface area contributed by atoms with Gasteiger partial charge in [0.15, 0.2) is 0 Å². The van der Waals surface area contributed by atoms with Crippen molar-refractivity contribution in [3.63, 3.8) is 0 Å². The van der Waals surface area contributed by atoms with Crippen LogP contribution < -0.4 is 0 Å². The molecule has 1 fully saturated rings. The first-order chi connectivity index (χ1) is 15.2. The zero-order valence-electron chi connectivity index (χ0n) is 18.8. The van der Waals surface area contributed by atoms with E-state index in [1.807, 2.05) is 44.2 Å². The molecule has 0 N–H and O–H groups in total. The minimum atomic E-state index is -3.61. The lowest BCUT2D eigenvalue weighted by Crippen LogP contribution is -2.50. The van der Waals surface area contributed by atoms with Crippen LogP contribution in [0.1, 0.15) is 35.1 Å². The van der Waals surface area contributed by atoms with Crippen molar-refractivity contribution in [3.8, 4) is 0 Å². The fourth-order valence-corrected chi connectivity index (χ4v) is 5.44. The van der Waals surface area contributed by atoms with Gasteiger partial charge in [-0.1, -0.05) is 42.0 Å². The number of hydrogen-bond donors (Lipinski definition) is 0. The summed E-state index contributed by atoms with van der Waals surface area (Å²) >= 11 is 0. The molecule has 0 saturated carbocycles. The Bertz CT molecular complexity index is 1090. The van der Waals surface area contributed by atoms with Crippen LogP contribution in [0.2, 0.25) is 0 Å². The number of amides is 1. The number of sulfonamides is 1. The average Bonchev–Trinajstić information content (AvgIpc) is 2.77. The first kappa shape index (κ1) is 23.9. The maximum absolute atomic E-state index is 13.0. The minimum absolute atomic E-state index is 0.00560. The van der Waals surface area contributed by atoms with Crippen LogP contribution in [0.25, 0.3) is 0 Å². The van der Waals surface area contributed by atoms with Crippen LogP contribution >= 0.6 is 0 Å². The standard InChI is InChI=1S/C24H30N2O5S/c1-18-5-4-6-21(15-18)17-31-24(28)10-9-23(27)25-11-13-26(14-12-25)32(29,30)22-16-19(2)7-8-20(22)3/h4-8,15-16H,9-14,17H2,1-3H3. The fraction of sp³-hybridized carbons (Fsp3) is 0.417. The van der Waals surface area contributed by atoms with E-state index in [4.69, 9.17) is 4.74 Å². The third-order valence-corrected chi connectivity index (χ3v) is 7.62. The molecule has 0 bridgehead atoms. The van der Waals surface area contributed by atoms with Crippen LogP contribution in [0.5, 0.6) is 0 Å². The average molecular weight is 459 g/mol. The summed E-state index contributed by atoms with van der Waals surface area (Å²) in [5, 5.41) is 0. The molecule has 1 aliphatic rings. The fourth-order valence-electron chi connectivity index (χ4n) is 3.71. The molecule has 1 heterocycles. The van der Waals surface area contributed by atoms with Crippen LogP contribution in [-0.2, 0) is 31.0 Å². The van der Waals surface area contributed by atoms with Gasteiger partial charge in [0.1, 0.15) is 6.61 Å². The molecule has 2 aromatic carbocycles. The SMILES string of the molecule is Cc1cccc(COC(=O)CCC(=O)N2CCN(S(=O)(=O)c3cc(C)ccc3C)CC2)c1. The molecule has 0 spiro atoms. The van der Waals surface area contributed by atoms with Crippen LogP contribution in [0.4, 0.5) is 0 Å². The molecule has 1 aliphatic heterocycles. The number of rotatable bonds is 7. The normalized spacial score (nSPS) is 14.9. The molecule has 172 valence electrons. The van der Waals surface area contributed by atoms with Gasteiger partial charge in [-0.15, -0.1) is 0 Å². The van der Waals surface area contributed by atoms with Gasteiger partial charge < -0.3 is 9.64 Å². The highest BCUT2D eigenvalue weighted by Crippen LogP contribution is 2.22. The second kappa shape index (κ2) is 10.3. The van der Waals surface area contributed by atoms with Gasteiger partial charge in [-0.05, 0) is 43.5 Å². The summed E-state index contributed by atoms with van der Waals surface area (Å²) in [6.45, 7) is 6.88. The smallest absolute Gasteiger partial charge is 0.306 e. The number of hydrogen-bond acceptors (Lipinski definition) is 5. The predicted molar refractivity (Wildman–Crippen MR) is 121 cm³/mol. The van der Waals surface area contributed by atoms with Gasteiger partial charge in [0.25, 0.3) is 0 Å². The molecule has 2 aromatic rings. The van der Waals surface area contributed by atoms with Crippen molar-refractivity contribution in [2.45, 2.75) is 45.1 Å². The van der Waals surface area contributed by atoms with Crippen LogP contribution in [0, 0.1) is 20.8 Å². The summed E-state index contributed by atoms with van der Waals surface area (Å²) in [6.07, 6.45) is 0.0576. The first-order valence-electron chi connectivity index (χ1n) is 10.7. The Hall–Kier alpha value is -2.71. The van der Waals surface area contributed by atoms with E-state index >= 15 is 0 Å². The molecule has 7 nitrogen and oxygen atoms in total. The highest BCUT2D eigenvalue weighted by molar-refractivity contribution is 7.89. The van der Waals surface area contributed by atoms with Gasteiger partial charge >= 0.3 is 5.97 Å². The topological polar surface area (TPSA) is 84.0 Å². The number of aryl methyl sites for hydroxylation is 3. The van der Waals surface area contributed by atoms with Crippen molar-refractivity contribution in [2.75, 3.05) is 26.2 Å². The van der Waals surface area contributed by atoms with E-state index in [1.165, 1.54) is 4.31 Å². The van der Waals surface area contributed by atoms with Gasteiger partial charge in [-0.3, -0.25) is 9.59 Å². The molecule has 1 amide bonds. The number of carbonyl (C=O) groups excluding carboxylic acids is 2. The lowest BCUT2D eigenvalue weighted by Gasteiger charge is -2.34. The maximum Gasteiger partial charge on any atom is 0.306 e. The maximum atomic E-state index is 13.0. The summed E-state index contributed by atoms with van der Waals surface area (Å²) in [7, 11) is -3.61. The van der Waals surface area contributed by atoms with E-state index in [-0.39, 0.29) is 38.4 Å². The lowest BCUT2D eigenvalue weighted by molar-refractivity contribution is -0.147. The van der Waals surface area contributed by atoms with Crippen LogP contribution in [-0.4, -0.2) is 55.7 Å². The summed E-state index contributed by atoms with van der Waals surface area (Å²) in [6, 6.07) is 13.1. The first-order valence-corrected chi connectivity index (χ1v) is 12.2. The number of carbonyl (C=O) groups is 2. The highest BCUT2D eigenvalue weighted by atomic mass is 32.2. The molecule has 0 aliphatic carbocycles. The van der Waals surface area contributed by atoms with Crippen molar-refractivity contribution in [2.24, 2.45) is 0 Å². The zero-order chi connectivity index (χ0) is 23.3. The van der Waals surface area contributed by atoms with Gasteiger partial charge in [0, 0.05) is 32.6 Å². The Morgan fingerprint density at radius 2 is 1.59 bits per heavy atom. The molecule has 8 heteroatoms. The Morgan fingerprint density at radius 1 is 0.906 bits per heavy atom. The Kier molecular flexibility index (Phi) is 7.69. The number of piperazine rings is 1. The molecular formula is C24H30N2O5S. The Labute approximate surface area is 190 Å². The summed E-state index contributed by atoms with van der Waals surface area (Å²) in [5.41, 5.74) is 3.59. The Balaban J connectivity index is 1.47. The second-order valence-electron chi connectivity index (χ2n) is 8.20. The summed E-state index contributed by atoms with van der Waals surface area (Å²) < 4.78 is 32.7. The van der Waals surface area contributed by atoms with Crippen LogP contribution in [0.3, 0.4) is 0 Å². The third-order valence-electron chi connectivity index (χ3n) is 5.58. The number of ether oxygens (including phenoxy) is 1. The third kappa shape index (κ3) is 5.95. The van der Waals surface area contributed by atoms with Crippen molar-refractivity contribution < 1.29 is 22.7 Å². The minimum Gasteiger partial charge on any atom is -0.461 e. The Morgan fingerprint density at radius 3 is 2.28 bits per heavy atom. The number of nitrogens with zero attached hydrogens (tertiary/aromatic N) is 2. The number of benzene rings is 2. The van der Waals surface area contributed by atoms with E-state index in [0.717, 1.165) is 16.7 Å². The van der Waals surface area contributed by atoms with Gasteiger partial charge in [0.05, 0.1) is 11.3 Å². The van der Waals surface area contributed by atoms with Crippen LogP contribution in [0.15, 0.2) is 47.4 Å². The van der Waals surface area contributed by atoms with Gasteiger partial charge in [-0.25, -0.2) is 8.42 Å². The predicted octanol–water partition coefficient (Wildman–Crippen LogP) is 2.97. The van der Waals surface area contributed by atoms with Gasteiger partial charge in [-0.2, -0.15) is 4.31 Å². The molecule has 0 aromatic heterocycles. The van der Waals surface area contributed by atoms with Crippen molar-refractivity contribution >= 4 is 21.9 Å². The van der Waals surface area contributed by atoms with E-state index in [9.17, 15) is 18.0 Å². The molecule has 1 saturated heterocycles. The molecule has 0 atom stereocenters. The molecule has 3 rings (SSSR count). The quantitative estimate of drug-likeness (QED) is 0.596. The van der Waals surface area contributed by atoms with E-state index in [1.54, 1.807) is 24.0 Å². The monoisotopic (exact) mass is 458 g/mol.